The van der Waals surface area contributed by atoms with Crippen molar-refractivity contribution in [1.29, 1.82) is 0 Å². The van der Waals surface area contributed by atoms with Gasteiger partial charge in [0.1, 0.15) is 6.04 Å². The summed E-state index contributed by atoms with van der Waals surface area (Å²) in [5.74, 6) is -1.90. The molecule has 0 radical (unpaired) electrons. The lowest BCUT2D eigenvalue weighted by molar-refractivity contribution is -0.119. The van der Waals surface area contributed by atoms with Gasteiger partial charge in [-0.05, 0) is 49.7 Å². The Hall–Kier alpha value is -3.48. The Bertz CT molecular complexity index is 917. The van der Waals surface area contributed by atoms with E-state index in [0.717, 1.165) is 17.7 Å². The predicted octanol–water partition coefficient (Wildman–Crippen LogP) is 3.27. The molecule has 0 aliphatic carbocycles. The molecule has 1 N–H and O–H groups in total. The number of carbonyl (C=O) groups excluding carboxylic acids is 4. The molecular formula is C22H22N2O5. The average Bonchev–Trinajstić information content (AvgIpc) is 2.98. The van der Waals surface area contributed by atoms with Crippen LogP contribution in [0.25, 0.3) is 0 Å². The van der Waals surface area contributed by atoms with Gasteiger partial charge in [-0.3, -0.25) is 19.3 Å². The molecule has 2 aromatic carbocycles. The van der Waals surface area contributed by atoms with Gasteiger partial charge in [-0.1, -0.05) is 25.5 Å². The van der Waals surface area contributed by atoms with E-state index in [1.54, 1.807) is 48.5 Å². The number of esters is 1. The van der Waals surface area contributed by atoms with E-state index in [4.69, 9.17) is 4.74 Å². The van der Waals surface area contributed by atoms with Gasteiger partial charge in [0.05, 0.1) is 23.3 Å². The molecule has 7 nitrogen and oxygen atoms in total. The van der Waals surface area contributed by atoms with Crippen molar-refractivity contribution in [2.45, 2.75) is 32.7 Å². The highest BCUT2D eigenvalue weighted by Crippen LogP contribution is 2.25. The first-order valence-electron chi connectivity index (χ1n) is 9.49. The number of rotatable bonds is 7. The second kappa shape index (κ2) is 8.68. The summed E-state index contributed by atoms with van der Waals surface area (Å²) in [7, 11) is 0. The fourth-order valence-corrected chi connectivity index (χ4v) is 3.01. The lowest BCUT2D eigenvalue weighted by Crippen LogP contribution is -2.45. The maximum atomic E-state index is 12.6. The van der Waals surface area contributed by atoms with E-state index in [2.05, 4.69) is 5.32 Å². The summed E-state index contributed by atoms with van der Waals surface area (Å²) in [4.78, 5) is 50.5. The maximum absolute atomic E-state index is 12.6. The minimum absolute atomic E-state index is 0.295. The Kier molecular flexibility index (Phi) is 6.07. The van der Waals surface area contributed by atoms with Crippen LogP contribution >= 0.6 is 0 Å². The largest absolute Gasteiger partial charge is 0.462 e. The number of anilines is 1. The second-order valence-electron chi connectivity index (χ2n) is 6.76. The number of hydrogen-bond acceptors (Lipinski definition) is 5. The van der Waals surface area contributed by atoms with E-state index < -0.39 is 29.7 Å². The van der Waals surface area contributed by atoms with Crippen molar-refractivity contribution in [3.8, 4) is 0 Å². The molecule has 0 spiro atoms. The molecule has 3 rings (SSSR count). The molecule has 0 unspecified atom stereocenters. The predicted molar refractivity (Wildman–Crippen MR) is 107 cm³/mol. The van der Waals surface area contributed by atoms with E-state index in [-0.39, 0.29) is 0 Å². The van der Waals surface area contributed by atoms with Crippen molar-refractivity contribution >= 4 is 29.4 Å². The third kappa shape index (κ3) is 4.18. The van der Waals surface area contributed by atoms with Crippen LogP contribution in [0.5, 0.6) is 0 Å². The molecule has 1 atom stereocenters. The molecule has 2 aromatic rings. The van der Waals surface area contributed by atoms with Crippen LogP contribution in [0.3, 0.4) is 0 Å². The minimum atomic E-state index is -0.985. The molecule has 29 heavy (non-hydrogen) atoms. The molecule has 1 aliphatic rings. The topological polar surface area (TPSA) is 92.8 Å². The van der Waals surface area contributed by atoms with Crippen LogP contribution in [0.1, 0.15) is 57.8 Å². The standard InChI is InChI=1S/C22H22N2O5/c1-3-4-13-29-22(28)15-9-11-16(12-10-15)23-19(25)14(2)24-20(26)17-7-5-6-8-18(17)21(24)27/h5-12,14H,3-4,13H2,1-2H3,(H,23,25)/t14-/m1/s1. The van der Waals surface area contributed by atoms with E-state index in [0.29, 0.717) is 29.0 Å². The molecule has 0 saturated carbocycles. The van der Waals surface area contributed by atoms with Crippen molar-refractivity contribution in [3.63, 3.8) is 0 Å². The number of nitrogens with zero attached hydrogens (tertiary/aromatic N) is 1. The molecule has 0 saturated heterocycles. The number of ether oxygens (including phenoxy) is 1. The number of amides is 3. The normalized spacial score (nSPS) is 13.8. The summed E-state index contributed by atoms with van der Waals surface area (Å²) in [6.45, 7) is 3.87. The number of fused-ring (bicyclic) bond motifs is 1. The van der Waals surface area contributed by atoms with Gasteiger partial charge in [0.2, 0.25) is 5.91 Å². The highest BCUT2D eigenvalue weighted by molar-refractivity contribution is 6.23. The third-order valence-electron chi connectivity index (χ3n) is 4.71. The van der Waals surface area contributed by atoms with Crippen molar-refractivity contribution in [1.82, 2.24) is 4.90 Å². The van der Waals surface area contributed by atoms with Gasteiger partial charge >= 0.3 is 5.97 Å². The number of benzene rings is 2. The van der Waals surface area contributed by atoms with E-state index in [1.807, 2.05) is 6.92 Å². The number of hydrogen-bond donors (Lipinski definition) is 1. The number of imide groups is 1. The van der Waals surface area contributed by atoms with Crippen LogP contribution in [-0.4, -0.2) is 41.2 Å². The average molecular weight is 394 g/mol. The second-order valence-corrected chi connectivity index (χ2v) is 6.76. The number of nitrogens with one attached hydrogen (secondary N) is 1. The van der Waals surface area contributed by atoms with Crippen LogP contribution in [0.15, 0.2) is 48.5 Å². The SMILES string of the molecule is CCCCOC(=O)c1ccc(NC(=O)[C@@H](C)N2C(=O)c3ccccc3C2=O)cc1. The molecule has 0 aromatic heterocycles. The summed E-state index contributed by atoms with van der Waals surface area (Å²) in [5.41, 5.74) is 1.42. The minimum Gasteiger partial charge on any atom is -0.462 e. The Labute approximate surface area is 168 Å². The Morgan fingerprint density at radius 1 is 1.00 bits per heavy atom. The van der Waals surface area contributed by atoms with Gasteiger partial charge in [-0.25, -0.2) is 4.79 Å². The van der Waals surface area contributed by atoms with Crippen molar-refractivity contribution in [2.24, 2.45) is 0 Å². The molecule has 0 fully saturated rings. The van der Waals surface area contributed by atoms with Crippen LogP contribution < -0.4 is 5.32 Å². The summed E-state index contributed by atoms with van der Waals surface area (Å²) >= 11 is 0. The zero-order valence-corrected chi connectivity index (χ0v) is 16.3. The number of unbranched alkanes of at least 4 members (excludes halogenated alkanes) is 1. The van der Waals surface area contributed by atoms with Gasteiger partial charge in [-0.15, -0.1) is 0 Å². The van der Waals surface area contributed by atoms with E-state index in [1.165, 1.54) is 6.92 Å². The van der Waals surface area contributed by atoms with Gasteiger partial charge in [0, 0.05) is 5.69 Å². The molecule has 3 amide bonds. The van der Waals surface area contributed by atoms with Gasteiger partial charge < -0.3 is 10.1 Å². The number of carbonyl (C=O) groups is 4. The molecular weight excluding hydrogens is 372 g/mol. The van der Waals surface area contributed by atoms with Crippen LogP contribution in [0.2, 0.25) is 0 Å². The zero-order chi connectivity index (χ0) is 21.0. The summed E-state index contributed by atoms with van der Waals surface area (Å²) in [5, 5.41) is 2.67. The third-order valence-corrected chi connectivity index (χ3v) is 4.71. The van der Waals surface area contributed by atoms with Crippen molar-refractivity contribution in [2.75, 3.05) is 11.9 Å². The van der Waals surface area contributed by atoms with Crippen LogP contribution in [0, 0.1) is 0 Å². The lowest BCUT2D eigenvalue weighted by atomic mass is 10.1. The molecule has 0 bridgehead atoms. The quantitative estimate of drug-likeness (QED) is 0.442. The molecule has 1 heterocycles. The van der Waals surface area contributed by atoms with Crippen molar-refractivity contribution in [3.05, 3.63) is 65.2 Å². The monoisotopic (exact) mass is 394 g/mol. The Morgan fingerprint density at radius 3 is 2.14 bits per heavy atom. The van der Waals surface area contributed by atoms with Gasteiger partial charge in [0.15, 0.2) is 0 Å². The highest BCUT2D eigenvalue weighted by Gasteiger charge is 2.40. The first-order chi connectivity index (χ1) is 13.9. The Morgan fingerprint density at radius 2 is 1.59 bits per heavy atom. The summed E-state index contributed by atoms with van der Waals surface area (Å²) in [6.07, 6.45) is 1.74. The van der Waals surface area contributed by atoms with Crippen LogP contribution in [-0.2, 0) is 9.53 Å². The maximum Gasteiger partial charge on any atom is 0.338 e. The van der Waals surface area contributed by atoms with E-state index >= 15 is 0 Å². The van der Waals surface area contributed by atoms with Gasteiger partial charge in [0.25, 0.3) is 11.8 Å². The summed E-state index contributed by atoms with van der Waals surface area (Å²) < 4.78 is 5.14. The summed E-state index contributed by atoms with van der Waals surface area (Å²) in [6, 6.07) is 11.7. The lowest BCUT2D eigenvalue weighted by Gasteiger charge is -2.21. The Balaban J connectivity index is 1.64. The van der Waals surface area contributed by atoms with Crippen LogP contribution in [0.4, 0.5) is 5.69 Å². The van der Waals surface area contributed by atoms with E-state index in [9.17, 15) is 19.2 Å². The molecule has 150 valence electrons. The molecule has 1 aliphatic heterocycles. The fraction of sp³-hybridized carbons (Fsp3) is 0.273. The first kappa shape index (κ1) is 20.3. The fourth-order valence-electron chi connectivity index (χ4n) is 3.01. The van der Waals surface area contributed by atoms with Crippen molar-refractivity contribution < 1.29 is 23.9 Å². The smallest absolute Gasteiger partial charge is 0.338 e. The molecule has 7 heteroatoms. The first-order valence-corrected chi connectivity index (χ1v) is 9.49. The highest BCUT2D eigenvalue weighted by atomic mass is 16.5. The van der Waals surface area contributed by atoms with Gasteiger partial charge in [-0.2, -0.15) is 0 Å². The zero-order valence-electron chi connectivity index (χ0n) is 16.3.